The molecule has 2 unspecified atom stereocenters. The molecule has 41 heavy (non-hydrogen) atoms. The van der Waals surface area contributed by atoms with Crippen molar-refractivity contribution in [1.29, 1.82) is 0 Å². The zero-order chi connectivity index (χ0) is 30.7. The van der Waals surface area contributed by atoms with E-state index in [1.54, 1.807) is 6.92 Å². The number of hydrogen-bond donors (Lipinski definition) is 1. The van der Waals surface area contributed by atoms with Crippen LogP contribution >= 0.6 is 7.82 Å². The number of esters is 1. The number of carbonyl (C=O) groups excluding carboxylic acids is 1. The number of likely N-dealkylation sites (N-methyl/N-ethyl adjacent to an activating group) is 1. The normalized spacial score (nSPS) is 14.4. The second-order valence-electron chi connectivity index (χ2n) is 12.2. The zero-order valence-corrected chi connectivity index (χ0v) is 28.2. The number of phosphoric acid groups is 1. The molecule has 2 atom stereocenters. The Balaban J connectivity index is 3.77. The predicted octanol–water partition coefficient (Wildman–Crippen LogP) is 8.37. The maximum Gasteiger partial charge on any atom is 0.472 e. The van der Waals surface area contributed by atoms with E-state index in [0.29, 0.717) is 17.6 Å². The van der Waals surface area contributed by atoms with Crippen LogP contribution in [0.4, 0.5) is 0 Å². The fraction of sp³-hybridized carbons (Fsp3) is 0.906. The van der Waals surface area contributed by atoms with Gasteiger partial charge in [0, 0.05) is 13.0 Å². The van der Waals surface area contributed by atoms with Gasteiger partial charge in [-0.3, -0.25) is 13.8 Å². The van der Waals surface area contributed by atoms with Gasteiger partial charge in [-0.25, -0.2) is 4.57 Å². The Bertz CT molecular complexity index is 681. The second kappa shape index (κ2) is 26.8. The predicted molar refractivity (Wildman–Crippen MR) is 169 cm³/mol. The number of hydrogen-bond acceptors (Lipinski definition) is 6. The van der Waals surface area contributed by atoms with Crippen molar-refractivity contribution >= 4 is 13.8 Å². The molecular weight excluding hydrogens is 541 g/mol. The molecule has 0 aliphatic rings. The van der Waals surface area contributed by atoms with E-state index in [2.05, 4.69) is 19.1 Å². The van der Waals surface area contributed by atoms with Gasteiger partial charge in [-0.2, -0.15) is 0 Å². The van der Waals surface area contributed by atoms with Crippen LogP contribution in [0.2, 0.25) is 0 Å². The van der Waals surface area contributed by atoms with Gasteiger partial charge in [-0.15, -0.1) is 0 Å². The SMILES string of the molecule is CCCCCCCCC/C=C\CCCCCCCCCCOCC(COP(=O)(O)OCC[N+](C)(C)C)OC(=O)CC. The fourth-order valence-corrected chi connectivity index (χ4v) is 4.97. The Hall–Kier alpha value is -0.760. The fourth-order valence-electron chi connectivity index (χ4n) is 4.23. The maximum atomic E-state index is 12.1. The molecule has 0 bridgehead atoms. The summed E-state index contributed by atoms with van der Waals surface area (Å²) in [5.74, 6) is -0.402. The van der Waals surface area contributed by atoms with Crippen LogP contribution in [-0.4, -0.2) is 75.6 Å². The summed E-state index contributed by atoms with van der Waals surface area (Å²) in [6, 6.07) is 0. The molecule has 0 heterocycles. The van der Waals surface area contributed by atoms with E-state index in [4.69, 9.17) is 18.5 Å². The van der Waals surface area contributed by atoms with Gasteiger partial charge in [0.25, 0.3) is 0 Å². The van der Waals surface area contributed by atoms with Gasteiger partial charge in [0.15, 0.2) is 0 Å². The molecule has 1 N–H and O–H groups in total. The lowest BCUT2D eigenvalue weighted by atomic mass is 10.1. The molecule has 0 aromatic heterocycles. The highest BCUT2D eigenvalue weighted by molar-refractivity contribution is 7.47. The van der Waals surface area contributed by atoms with Gasteiger partial charge in [0.2, 0.25) is 0 Å². The van der Waals surface area contributed by atoms with Gasteiger partial charge in [0.05, 0.1) is 34.4 Å². The maximum absolute atomic E-state index is 12.1. The summed E-state index contributed by atoms with van der Waals surface area (Å²) < 4.78 is 33.8. The number of nitrogens with zero attached hydrogens (tertiary/aromatic N) is 1. The van der Waals surface area contributed by atoms with Gasteiger partial charge in [-0.1, -0.05) is 103 Å². The third-order valence-corrected chi connectivity index (χ3v) is 7.87. The number of rotatable bonds is 30. The molecule has 0 rings (SSSR count). The van der Waals surface area contributed by atoms with E-state index in [1.165, 1.54) is 96.3 Å². The third kappa shape index (κ3) is 30.5. The van der Waals surface area contributed by atoms with Crippen LogP contribution in [0.1, 0.15) is 129 Å². The molecule has 0 saturated carbocycles. The summed E-state index contributed by atoms with van der Waals surface area (Å²) in [6.07, 6.45) is 26.0. The number of phosphoric ester groups is 1. The molecule has 0 aromatic carbocycles. The highest BCUT2D eigenvalue weighted by Crippen LogP contribution is 2.43. The van der Waals surface area contributed by atoms with E-state index in [-0.39, 0.29) is 26.2 Å². The summed E-state index contributed by atoms with van der Waals surface area (Å²) in [7, 11) is 1.66. The van der Waals surface area contributed by atoms with E-state index in [1.807, 2.05) is 21.1 Å². The van der Waals surface area contributed by atoms with E-state index < -0.39 is 19.9 Å². The zero-order valence-electron chi connectivity index (χ0n) is 27.3. The van der Waals surface area contributed by atoms with Crippen molar-refractivity contribution in [2.24, 2.45) is 0 Å². The van der Waals surface area contributed by atoms with Crippen molar-refractivity contribution in [2.45, 2.75) is 136 Å². The first kappa shape index (κ1) is 40.2. The van der Waals surface area contributed by atoms with Crippen molar-refractivity contribution in [3.8, 4) is 0 Å². The number of carbonyl (C=O) groups is 1. The lowest BCUT2D eigenvalue weighted by Gasteiger charge is -2.24. The molecule has 0 aliphatic heterocycles. The van der Waals surface area contributed by atoms with Crippen molar-refractivity contribution in [2.75, 3.05) is 54.1 Å². The molecular formula is C32H65NO7P+. The molecule has 0 saturated heterocycles. The standard InChI is InChI=1S/C32H64NO7P/c1-6-8-9-10-11-12-13-14-15-16-17-18-19-20-21-22-23-24-25-27-37-29-31(40-32(34)7-2)30-39-41(35,36)38-28-26-33(3,4)5/h15-16,31H,6-14,17-30H2,1-5H3/p+1/b16-15-. The molecule has 0 amide bonds. The second-order valence-corrected chi connectivity index (χ2v) is 13.6. The Labute approximate surface area is 252 Å². The van der Waals surface area contributed by atoms with Crippen LogP contribution < -0.4 is 0 Å². The topological polar surface area (TPSA) is 91.3 Å². The van der Waals surface area contributed by atoms with Crippen molar-refractivity contribution in [1.82, 2.24) is 0 Å². The first-order valence-corrected chi connectivity index (χ1v) is 17.9. The quantitative estimate of drug-likeness (QED) is 0.0289. The van der Waals surface area contributed by atoms with Crippen molar-refractivity contribution < 1.29 is 37.3 Å². The Kier molecular flexibility index (Phi) is 26.3. The third-order valence-electron chi connectivity index (χ3n) is 6.88. The van der Waals surface area contributed by atoms with Crippen LogP contribution in [-0.2, 0) is 27.9 Å². The van der Waals surface area contributed by atoms with Gasteiger partial charge >= 0.3 is 13.8 Å². The van der Waals surface area contributed by atoms with Crippen molar-refractivity contribution in [3.05, 3.63) is 12.2 Å². The van der Waals surface area contributed by atoms with E-state index >= 15 is 0 Å². The first-order chi connectivity index (χ1) is 19.6. The van der Waals surface area contributed by atoms with Crippen LogP contribution in [0.5, 0.6) is 0 Å². The minimum absolute atomic E-state index is 0.0872. The summed E-state index contributed by atoms with van der Waals surface area (Å²) >= 11 is 0. The monoisotopic (exact) mass is 606 g/mol. The van der Waals surface area contributed by atoms with Gasteiger partial charge in [-0.05, 0) is 32.1 Å². The molecule has 0 aromatic rings. The number of allylic oxidation sites excluding steroid dienone is 2. The molecule has 0 aliphatic carbocycles. The molecule has 0 fully saturated rings. The van der Waals surface area contributed by atoms with Crippen LogP contribution in [0.15, 0.2) is 12.2 Å². The number of quaternary nitrogens is 1. The molecule has 0 spiro atoms. The van der Waals surface area contributed by atoms with Crippen LogP contribution in [0, 0.1) is 0 Å². The lowest BCUT2D eigenvalue weighted by Crippen LogP contribution is -2.37. The average Bonchev–Trinajstić information content (AvgIpc) is 2.91. The molecule has 8 nitrogen and oxygen atoms in total. The summed E-state index contributed by atoms with van der Waals surface area (Å²) in [4.78, 5) is 21.7. The molecule has 9 heteroatoms. The average molecular weight is 607 g/mol. The highest BCUT2D eigenvalue weighted by Gasteiger charge is 2.26. The molecule has 0 radical (unpaired) electrons. The minimum Gasteiger partial charge on any atom is -0.457 e. The van der Waals surface area contributed by atoms with Crippen molar-refractivity contribution in [3.63, 3.8) is 0 Å². The Morgan fingerprint density at radius 2 is 1.24 bits per heavy atom. The minimum atomic E-state index is -4.23. The number of unbranched alkanes of at least 4 members (excludes halogenated alkanes) is 15. The van der Waals surface area contributed by atoms with Crippen LogP contribution in [0.3, 0.4) is 0 Å². The van der Waals surface area contributed by atoms with Gasteiger partial charge in [0.1, 0.15) is 19.3 Å². The van der Waals surface area contributed by atoms with Crippen LogP contribution in [0.25, 0.3) is 0 Å². The molecule has 244 valence electrons. The van der Waals surface area contributed by atoms with E-state index in [9.17, 15) is 14.3 Å². The smallest absolute Gasteiger partial charge is 0.457 e. The largest absolute Gasteiger partial charge is 0.472 e. The highest BCUT2D eigenvalue weighted by atomic mass is 31.2. The Morgan fingerprint density at radius 3 is 1.76 bits per heavy atom. The number of ether oxygens (including phenoxy) is 2. The first-order valence-electron chi connectivity index (χ1n) is 16.4. The lowest BCUT2D eigenvalue weighted by molar-refractivity contribution is -0.870. The summed E-state index contributed by atoms with van der Waals surface area (Å²) in [6.45, 7) is 5.04. The Morgan fingerprint density at radius 1 is 0.732 bits per heavy atom. The summed E-state index contributed by atoms with van der Waals surface area (Å²) in [5.41, 5.74) is 0. The van der Waals surface area contributed by atoms with E-state index in [0.717, 1.165) is 12.8 Å². The van der Waals surface area contributed by atoms with Gasteiger partial charge < -0.3 is 18.9 Å². The summed E-state index contributed by atoms with van der Waals surface area (Å²) in [5, 5.41) is 0.